The van der Waals surface area contributed by atoms with Crippen LogP contribution in [0, 0.1) is 13.8 Å². The first-order chi connectivity index (χ1) is 12.0. The van der Waals surface area contributed by atoms with Crippen LogP contribution in [0.2, 0.25) is 0 Å². The molecule has 5 nitrogen and oxygen atoms in total. The standard InChI is InChI=1S/C20H25N3O2/c1-15-5-6-16(2)17(12-15)13-19(24)22-8-10-23(11-9-22)20(25)14-18-4-3-7-21-18/h3-7,12,21H,8-11,13-14H2,1-2H3. The van der Waals surface area contributed by atoms with Crippen LogP contribution in [0.3, 0.4) is 0 Å². The molecule has 2 heterocycles. The number of H-pyrrole nitrogens is 1. The van der Waals surface area contributed by atoms with Gasteiger partial charge in [-0.2, -0.15) is 0 Å². The number of carbonyl (C=O) groups excluding carboxylic acids is 2. The molecule has 1 aromatic heterocycles. The van der Waals surface area contributed by atoms with Gasteiger partial charge in [0, 0.05) is 38.1 Å². The second kappa shape index (κ2) is 7.55. The van der Waals surface area contributed by atoms with Gasteiger partial charge in [0.05, 0.1) is 12.8 Å². The second-order valence-electron chi connectivity index (χ2n) is 6.74. The Morgan fingerprint density at radius 3 is 2.20 bits per heavy atom. The van der Waals surface area contributed by atoms with Crippen LogP contribution in [-0.4, -0.2) is 52.8 Å². The van der Waals surface area contributed by atoms with E-state index in [2.05, 4.69) is 23.2 Å². The molecule has 2 amide bonds. The lowest BCUT2D eigenvalue weighted by molar-refractivity contribution is -0.138. The van der Waals surface area contributed by atoms with E-state index in [-0.39, 0.29) is 11.8 Å². The van der Waals surface area contributed by atoms with Gasteiger partial charge in [-0.3, -0.25) is 9.59 Å². The number of benzene rings is 1. The Labute approximate surface area is 148 Å². The molecule has 0 atom stereocenters. The molecule has 5 heteroatoms. The quantitative estimate of drug-likeness (QED) is 0.927. The Hall–Kier alpha value is -2.56. The van der Waals surface area contributed by atoms with Crippen LogP contribution in [0.4, 0.5) is 0 Å². The molecule has 1 saturated heterocycles. The summed E-state index contributed by atoms with van der Waals surface area (Å²) in [5, 5.41) is 0. The summed E-state index contributed by atoms with van der Waals surface area (Å²) in [6, 6.07) is 10.0. The average Bonchev–Trinajstić information content (AvgIpc) is 3.11. The van der Waals surface area contributed by atoms with Crippen molar-refractivity contribution in [3.63, 3.8) is 0 Å². The van der Waals surface area contributed by atoms with Crippen LogP contribution in [0.15, 0.2) is 36.5 Å². The Morgan fingerprint density at radius 1 is 0.960 bits per heavy atom. The molecule has 0 aliphatic carbocycles. The maximum atomic E-state index is 12.6. The first-order valence-electron chi connectivity index (χ1n) is 8.77. The van der Waals surface area contributed by atoms with Crippen molar-refractivity contribution in [2.24, 2.45) is 0 Å². The van der Waals surface area contributed by atoms with Crippen LogP contribution in [0.25, 0.3) is 0 Å². The molecule has 1 N–H and O–H groups in total. The van der Waals surface area contributed by atoms with E-state index >= 15 is 0 Å². The molecule has 3 rings (SSSR count). The van der Waals surface area contributed by atoms with Crippen molar-refractivity contribution < 1.29 is 9.59 Å². The summed E-state index contributed by atoms with van der Waals surface area (Å²) in [6.45, 7) is 6.53. The molecule has 0 saturated carbocycles. The fraction of sp³-hybridized carbons (Fsp3) is 0.400. The fourth-order valence-electron chi connectivity index (χ4n) is 3.22. The zero-order chi connectivity index (χ0) is 17.8. The maximum absolute atomic E-state index is 12.6. The van der Waals surface area contributed by atoms with E-state index in [9.17, 15) is 9.59 Å². The Balaban J connectivity index is 1.52. The van der Waals surface area contributed by atoms with Gasteiger partial charge >= 0.3 is 0 Å². The molecule has 2 aromatic rings. The van der Waals surface area contributed by atoms with E-state index < -0.39 is 0 Å². The molecule has 1 aliphatic rings. The first kappa shape index (κ1) is 17.3. The third-order valence-corrected chi connectivity index (χ3v) is 4.84. The molecule has 0 bridgehead atoms. The van der Waals surface area contributed by atoms with Gasteiger partial charge in [-0.25, -0.2) is 0 Å². The summed E-state index contributed by atoms with van der Waals surface area (Å²) in [4.78, 5) is 31.7. The highest BCUT2D eigenvalue weighted by Crippen LogP contribution is 2.14. The van der Waals surface area contributed by atoms with E-state index in [4.69, 9.17) is 0 Å². The smallest absolute Gasteiger partial charge is 0.228 e. The summed E-state index contributed by atoms with van der Waals surface area (Å²) in [5.74, 6) is 0.259. The number of hydrogen-bond donors (Lipinski definition) is 1. The number of nitrogens with one attached hydrogen (secondary N) is 1. The molecular formula is C20H25N3O2. The van der Waals surface area contributed by atoms with Crippen molar-refractivity contribution in [2.75, 3.05) is 26.2 Å². The van der Waals surface area contributed by atoms with Crippen LogP contribution in [0.1, 0.15) is 22.4 Å². The summed E-state index contributed by atoms with van der Waals surface area (Å²) in [6.07, 6.45) is 2.65. The van der Waals surface area contributed by atoms with E-state index in [1.165, 1.54) is 5.56 Å². The molecule has 0 spiro atoms. The van der Waals surface area contributed by atoms with Gasteiger partial charge in [-0.1, -0.05) is 23.8 Å². The van der Waals surface area contributed by atoms with Crippen LogP contribution >= 0.6 is 0 Å². The summed E-state index contributed by atoms with van der Waals surface area (Å²) in [7, 11) is 0. The van der Waals surface area contributed by atoms with E-state index in [0.29, 0.717) is 39.0 Å². The van der Waals surface area contributed by atoms with Gasteiger partial charge in [0.25, 0.3) is 0 Å². The number of carbonyl (C=O) groups is 2. The van der Waals surface area contributed by atoms with Gasteiger partial charge in [-0.15, -0.1) is 0 Å². The minimum absolute atomic E-state index is 0.115. The fourth-order valence-corrected chi connectivity index (χ4v) is 3.22. The molecule has 1 fully saturated rings. The van der Waals surface area contributed by atoms with Gasteiger partial charge in [0.1, 0.15) is 0 Å². The third-order valence-electron chi connectivity index (χ3n) is 4.84. The first-order valence-corrected chi connectivity index (χ1v) is 8.77. The van der Waals surface area contributed by atoms with Crippen molar-refractivity contribution in [1.82, 2.24) is 14.8 Å². The molecule has 0 unspecified atom stereocenters. The highest BCUT2D eigenvalue weighted by atomic mass is 16.2. The van der Waals surface area contributed by atoms with Gasteiger partial charge < -0.3 is 14.8 Å². The number of piperazine rings is 1. The number of amides is 2. The summed E-state index contributed by atoms with van der Waals surface area (Å²) < 4.78 is 0. The number of rotatable bonds is 4. The van der Waals surface area contributed by atoms with Gasteiger partial charge in [0.2, 0.25) is 11.8 Å². The zero-order valence-corrected chi connectivity index (χ0v) is 14.9. The average molecular weight is 339 g/mol. The number of aromatic amines is 1. The minimum atomic E-state index is 0.115. The van der Waals surface area contributed by atoms with Gasteiger partial charge in [-0.05, 0) is 37.1 Å². The number of aryl methyl sites for hydroxylation is 2. The van der Waals surface area contributed by atoms with E-state index in [1.54, 1.807) is 0 Å². The number of hydrogen-bond acceptors (Lipinski definition) is 2. The number of nitrogens with zero attached hydrogens (tertiary/aromatic N) is 2. The lowest BCUT2D eigenvalue weighted by Crippen LogP contribution is -2.51. The second-order valence-corrected chi connectivity index (χ2v) is 6.74. The topological polar surface area (TPSA) is 56.4 Å². The predicted molar refractivity (Wildman–Crippen MR) is 97.3 cm³/mol. The molecule has 0 radical (unpaired) electrons. The summed E-state index contributed by atoms with van der Waals surface area (Å²) in [5.41, 5.74) is 4.35. The third kappa shape index (κ3) is 4.29. The molecule has 132 valence electrons. The van der Waals surface area contributed by atoms with Crippen LogP contribution in [-0.2, 0) is 22.4 Å². The highest BCUT2D eigenvalue weighted by molar-refractivity contribution is 5.81. The Kier molecular flexibility index (Phi) is 5.22. The van der Waals surface area contributed by atoms with Crippen molar-refractivity contribution in [1.29, 1.82) is 0 Å². The Morgan fingerprint density at radius 2 is 1.60 bits per heavy atom. The monoisotopic (exact) mass is 339 g/mol. The van der Waals surface area contributed by atoms with Gasteiger partial charge in [0.15, 0.2) is 0 Å². The SMILES string of the molecule is Cc1ccc(C)c(CC(=O)N2CCN(C(=O)Cc3ccc[nH]3)CC2)c1. The maximum Gasteiger partial charge on any atom is 0.228 e. The van der Waals surface area contributed by atoms with E-state index in [1.807, 2.05) is 42.0 Å². The minimum Gasteiger partial charge on any atom is -0.365 e. The van der Waals surface area contributed by atoms with Crippen molar-refractivity contribution in [3.05, 3.63) is 58.9 Å². The molecule has 1 aromatic carbocycles. The number of aromatic nitrogens is 1. The van der Waals surface area contributed by atoms with Crippen LogP contribution < -0.4 is 0 Å². The molecular weight excluding hydrogens is 314 g/mol. The van der Waals surface area contributed by atoms with Crippen molar-refractivity contribution in [2.45, 2.75) is 26.7 Å². The Bertz CT molecular complexity index is 744. The van der Waals surface area contributed by atoms with Crippen molar-refractivity contribution in [3.8, 4) is 0 Å². The summed E-state index contributed by atoms with van der Waals surface area (Å²) >= 11 is 0. The largest absolute Gasteiger partial charge is 0.365 e. The van der Waals surface area contributed by atoms with Crippen molar-refractivity contribution >= 4 is 11.8 Å². The van der Waals surface area contributed by atoms with Crippen LogP contribution in [0.5, 0.6) is 0 Å². The normalized spacial score (nSPS) is 14.6. The van der Waals surface area contributed by atoms with E-state index in [0.717, 1.165) is 16.8 Å². The predicted octanol–water partition coefficient (Wildman–Crippen LogP) is 2.09. The lowest BCUT2D eigenvalue weighted by Gasteiger charge is -2.35. The molecule has 25 heavy (non-hydrogen) atoms. The zero-order valence-electron chi connectivity index (χ0n) is 14.9. The molecule has 1 aliphatic heterocycles. The lowest BCUT2D eigenvalue weighted by atomic mass is 10.0. The highest BCUT2D eigenvalue weighted by Gasteiger charge is 2.24.